The Morgan fingerprint density at radius 2 is 1.56 bits per heavy atom. The van der Waals surface area contributed by atoms with Gasteiger partial charge in [-0.25, -0.2) is 0 Å². The lowest BCUT2D eigenvalue weighted by atomic mass is 9.80. The first-order valence-electron chi connectivity index (χ1n) is 7.23. The van der Waals surface area contributed by atoms with Crippen molar-refractivity contribution < 1.29 is 0 Å². The molecule has 1 N–H and O–H groups in total. The first kappa shape index (κ1) is 11.5. The zero-order chi connectivity index (χ0) is 11.0. The Kier molecular flexibility index (Phi) is 3.58. The molecular weight excluding hydrogens is 262 g/mol. The summed E-state index contributed by atoms with van der Waals surface area (Å²) in [4.78, 5) is 0.806. The average Bonchev–Trinajstić information content (AvgIpc) is 2.73. The number of hydrogen-bond donors (Lipinski definition) is 1. The number of fused-ring (bicyclic) bond motifs is 1. The number of nitrogens with one attached hydrogen (secondary N) is 1. The second-order valence-electron chi connectivity index (χ2n) is 6.18. The molecule has 1 heterocycles. The van der Waals surface area contributed by atoms with E-state index in [0.29, 0.717) is 0 Å². The van der Waals surface area contributed by atoms with E-state index >= 15 is 0 Å². The van der Waals surface area contributed by atoms with Gasteiger partial charge in [0.1, 0.15) is 0 Å². The first-order chi connectivity index (χ1) is 7.83. The van der Waals surface area contributed by atoms with E-state index in [-0.39, 0.29) is 0 Å². The van der Waals surface area contributed by atoms with Gasteiger partial charge >= 0.3 is 0 Å². The molecule has 92 valence electrons. The molecule has 0 bridgehead atoms. The Bertz CT molecular complexity index is 237. The van der Waals surface area contributed by atoms with Crippen LogP contribution in [-0.4, -0.2) is 16.9 Å². The fourth-order valence-electron chi connectivity index (χ4n) is 4.22. The molecule has 1 saturated heterocycles. The first-order valence-corrected chi connectivity index (χ1v) is 8.14. The molecule has 4 atom stereocenters. The fraction of sp³-hybridized carbons (Fsp3) is 1.00. The van der Waals surface area contributed by atoms with Gasteiger partial charge in [-0.3, -0.25) is 0 Å². The second-order valence-corrected chi connectivity index (χ2v) is 7.48. The molecule has 1 aliphatic heterocycles. The summed E-state index contributed by atoms with van der Waals surface area (Å²) in [5.74, 6) is 1.98. The van der Waals surface area contributed by atoms with E-state index in [1.165, 1.54) is 57.8 Å². The van der Waals surface area contributed by atoms with Gasteiger partial charge in [-0.1, -0.05) is 35.2 Å². The van der Waals surface area contributed by atoms with E-state index in [0.717, 1.165) is 28.7 Å². The van der Waals surface area contributed by atoms with Crippen LogP contribution in [-0.2, 0) is 0 Å². The number of hydrogen-bond acceptors (Lipinski definition) is 1. The van der Waals surface area contributed by atoms with Crippen molar-refractivity contribution in [2.24, 2.45) is 11.8 Å². The van der Waals surface area contributed by atoms with Gasteiger partial charge in [0.25, 0.3) is 0 Å². The maximum Gasteiger partial charge on any atom is 0.0149 e. The molecule has 2 aliphatic carbocycles. The molecule has 0 aromatic carbocycles. The van der Waals surface area contributed by atoms with Crippen LogP contribution < -0.4 is 5.32 Å². The van der Waals surface area contributed by atoms with Gasteiger partial charge in [-0.15, -0.1) is 0 Å². The minimum absolute atomic E-state index is 0.806. The third-order valence-corrected chi connectivity index (χ3v) is 5.95. The molecule has 4 unspecified atom stereocenters. The molecule has 3 rings (SSSR count). The van der Waals surface area contributed by atoms with Gasteiger partial charge in [0, 0.05) is 16.9 Å². The van der Waals surface area contributed by atoms with Crippen molar-refractivity contribution in [3.8, 4) is 0 Å². The van der Waals surface area contributed by atoms with Crippen LogP contribution in [0.15, 0.2) is 0 Å². The summed E-state index contributed by atoms with van der Waals surface area (Å²) in [6.07, 6.45) is 13.1. The molecule has 2 heteroatoms. The van der Waals surface area contributed by atoms with Crippen LogP contribution in [0.3, 0.4) is 0 Å². The van der Waals surface area contributed by atoms with Crippen molar-refractivity contribution >= 4 is 15.9 Å². The Hall–Kier alpha value is 0.440. The highest BCUT2D eigenvalue weighted by atomic mass is 79.9. The SMILES string of the molecule is BrC1CCC2NC(C3CCCCC3)CC2C1. The van der Waals surface area contributed by atoms with Crippen LogP contribution in [0.5, 0.6) is 0 Å². The summed E-state index contributed by atoms with van der Waals surface area (Å²) in [7, 11) is 0. The molecule has 0 radical (unpaired) electrons. The van der Waals surface area contributed by atoms with E-state index in [4.69, 9.17) is 0 Å². The molecule has 0 aromatic heterocycles. The molecule has 1 nitrogen and oxygen atoms in total. The van der Waals surface area contributed by atoms with Gasteiger partial charge in [0.05, 0.1) is 0 Å². The molecular formula is C14H24BrN. The fourth-order valence-corrected chi connectivity index (χ4v) is 4.97. The normalized spacial score (nSPS) is 45.6. The average molecular weight is 286 g/mol. The lowest BCUT2D eigenvalue weighted by Gasteiger charge is -2.29. The minimum Gasteiger partial charge on any atom is -0.311 e. The van der Waals surface area contributed by atoms with Crippen LogP contribution in [0, 0.1) is 11.8 Å². The monoisotopic (exact) mass is 285 g/mol. The van der Waals surface area contributed by atoms with Crippen molar-refractivity contribution in [1.29, 1.82) is 0 Å². The quantitative estimate of drug-likeness (QED) is 0.722. The standard InChI is InChI=1S/C14H24BrN/c15-12-6-7-13-11(8-12)9-14(16-13)10-4-2-1-3-5-10/h10-14,16H,1-9H2. The zero-order valence-corrected chi connectivity index (χ0v) is 11.7. The van der Waals surface area contributed by atoms with Gasteiger partial charge < -0.3 is 5.32 Å². The highest BCUT2D eigenvalue weighted by Crippen LogP contribution is 2.40. The van der Waals surface area contributed by atoms with Gasteiger partial charge in [-0.2, -0.15) is 0 Å². The van der Waals surface area contributed by atoms with Crippen molar-refractivity contribution in [3.05, 3.63) is 0 Å². The third kappa shape index (κ3) is 2.33. The summed E-state index contributed by atoms with van der Waals surface area (Å²) in [6, 6.07) is 1.73. The van der Waals surface area contributed by atoms with Crippen molar-refractivity contribution in [2.45, 2.75) is 74.7 Å². The highest BCUT2D eigenvalue weighted by molar-refractivity contribution is 9.09. The van der Waals surface area contributed by atoms with Crippen molar-refractivity contribution in [1.82, 2.24) is 5.32 Å². The topological polar surface area (TPSA) is 12.0 Å². The molecule has 3 aliphatic rings. The summed E-state index contributed by atoms with van der Waals surface area (Å²) >= 11 is 3.81. The molecule has 3 fully saturated rings. The molecule has 0 spiro atoms. The predicted molar refractivity (Wildman–Crippen MR) is 72.0 cm³/mol. The van der Waals surface area contributed by atoms with E-state index in [9.17, 15) is 0 Å². The smallest absolute Gasteiger partial charge is 0.0149 e. The minimum atomic E-state index is 0.806. The lowest BCUT2D eigenvalue weighted by Crippen LogP contribution is -2.38. The van der Waals surface area contributed by atoms with E-state index in [1.807, 2.05) is 0 Å². The Labute approximate surface area is 108 Å². The molecule has 2 saturated carbocycles. The van der Waals surface area contributed by atoms with Gasteiger partial charge in [0.2, 0.25) is 0 Å². The van der Waals surface area contributed by atoms with Crippen LogP contribution in [0.25, 0.3) is 0 Å². The largest absolute Gasteiger partial charge is 0.311 e. The van der Waals surface area contributed by atoms with E-state index < -0.39 is 0 Å². The van der Waals surface area contributed by atoms with E-state index in [2.05, 4.69) is 21.2 Å². The maximum atomic E-state index is 3.96. The lowest BCUT2D eigenvalue weighted by molar-refractivity contribution is 0.280. The van der Waals surface area contributed by atoms with Crippen LogP contribution in [0.4, 0.5) is 0 Å². The Balaban J connectivity index is 1.59. The summed E-state index contributed by atoms with van der Waals surface area (Å²) in [5, 5.41) is 3.96. The van der Waals surface area contributed by atoms with Crippen LogP contribution in [0.2, 0.25) is 0 Å². The van der Waals surface area contributed by atoms with Crippen molar-refractivity contribution in [2.75, 3.05) is 0 Å². The van der Waals surface area contributed by atoms with Gasteiger partial charge in [0.15, 0.2) is 0 Å². The van der Waals surface area contributed by atoms with Crippen LogP contribution in [0.1, 0.15) is 57.8 Å². The highest BCUT2D eigenvalue weighted by Gasteiger charge is 2.40. The molecule has 16 heavy (non-hydrogen) atoms. The summed E-state index contributed by atoms with van der Waals surface area (Å²) in [6.45, 7) is 0. The van der Waals surface area contributed by atoms with Crippen LogP contribution >= 0.6 is 15.9 Å². The number of rotatable bonds is 1. The maximum absolute atomic E-state index is 3.96. The molecule has 0 aromatic rings. The third-order valence-electron chi connectivity index (χ3n) is 5.12. The zero-order valence-electron chi connectivity index (χ0n) is 10.1. The summed E-state index contributed by atoms with van der Waals surface area (Å²) < 4.78 is 0. The van der Waals surface area contributed by atoms with Crippen molar-refractivity contribution in [3.63, 3.8) is 0 Å². The van der Waals surface area contributed by atoms with E-state index in [1.54, 1.807) is 0 Å². The number of alkyl halides is 1. The van der Waals surface area contributed by atoms with Gasteiger partial charge in [-0.05, 0) is 50.4 Å². The Morgan fingerprint density at radius 3 is 2.38 bits per heavy atom. The second kappa shape index (κ2) is 4.97. The Morgan fingerprint density at radius 1 is 0.750 bits per heavy atom. The predicted octanol–water partition coefficient (Wildman–Crippen LogP) is 3.86. The summed E-state index contributed by atoms with van der Waals surface area (Å²) in [5.41, 5.74) is 0. The number of halogens is 1. The molecule has 0 amide bonds.